The van der Waals surface area contributed by atoms with E-state index in [2.05, 4.69) is 29.4 Å². The fourth-order valence-corrected chi connectivity index (χ4v) is 2.76. The summed E-state index contributed by atoms with van der Waals surface area (Å²) in [6, 6.07) is 6.28. The van der Waals surface area contributed by atoms with E-state index in [1.54, 1.807) is 12.1 Å². The Morgan fingerprint density at radius 3 is 2.45 bits per heavy atom. The molecular weight excluding hydrogens is 296 g/mol. The Balaban J connectivity index is 2.16. The minimum Gasteiger partial charge on any atom is -0.360 e. The van der Waals surface area contributed by atoms with Gasteiger partial charge >= 0.3 is 0 Å². The number of nitrogens with two attached hydrogens (primary N) is 1. The molecule has 0 fully saturated rings. The molecule has 0 spiro atoms. The summed E-state index contributed by atoms with van der Waals surface area (Å²) >= 11 is 1.43. The number of sulfonamides is 1. The van der Waals surface area contributed by atoms with Crippen molar-refractivity contribution in [2.45, 2.75) is 18.7 Å². The van der Waals surface area contributed by atoms with Crippen LogP contribution in [-0.2, 0) is 10.0 Å². The normalized spacial score (nSPS) is 11.8. The van der Waals surface area contributed by atoms with Gasteiger partial charge in [-0.2, -0.15) is 0 Å². The molecule has 1 aromatic carbocycles. The second-order valence-corrected chi connectivity index (χ2v) is 7.30. The number of primary sulfonamides is 1. The zero-order valence-electron chi connectivity index (χ0n) is 11.2. The highest BCUT2D eigenvalue weighted by Gasteiger charge is 2.10. The molecule has 0 radical (unpaired) electrons. The van der Waals surface area contributed by atoms with Gasteiger partial charge in [0, 0.05) is 12.1 Å². The third-order valence-corrected chi connectivity index (χ3v) is 4.38. The predicted octanol–water partition coefficient (Wildman–Crippen LogP) is 1.92. The molecule has 0 unspecified atom stereocenters. The summed E-state index contributed by atoms with van der Waals surface area (Å²) in [5, 5.41) is 17.9. The van der Waals surface area contributed by atoms with Gasteiger partial charge in [-0.25, -0.2) is 13.6 Å². The third-order valence-electron chi connectivity index (χ3n) is 2.52. The Morgan fingerprint density at radius 2 is 1.90 bits per heavy atom. The lowest BCUT2D eigenvalue weighted by Crippen LogP contribution is -2.11. The van der Waals surface area contributed by atoms with Crippen molar-refractivity contribution in [2.24, 2.45) is 11.1 Å². The lowest BCUT2D eigenvalue weighted by molar-refractivity contribution is 0.598. The zero-order chi connectivity index (χ0) is 14.8. The van der Waals surface area contributed by atoms with Crippen molar-refractivity contribution in [1.82, 2.24) is 10.2 Å². The number of nitrogens with zero attached hydrogens (tertiary/aromatic N) is 2. The lowest BCUT2D eigenvalue weighted by Gasteiger charge is -2.03. The minimum atomic E-state index is -3.66. The van der Waals surface area contributed by atoms with Gasteiger partial charge in [0.15, 0.2) is 0 Å². The van der Waals surface area contributed by atoms with Gasteiger partial charge in [0.1, 0.15) is 5.01 Å². The maximum absolute atomic E-state index is 11.2. The maximum Gasteiger partial charge on any atom is 0.238 e. The Morgan fingerprint density at radius 1 is 1.25 bits per heavy atom. The van der Waals surface area contributed by atoms with Gasteiger partial charge in [-0.1, -0.05) is 37.3 Å². The number of hydrogen-bond donors (Lipinski definition) is 2. The highest BCUT2D eigenvalue weighted by Crippen LogP contribution is 2.27. The largest absolute Gasteiger partial charge is 0.360 e. The molecule has 2 rings (SSSR count). The lowest BCUT2D eigenvalue weighted by atomic mass is 10.2. The molecule has 0 aliphatic rings. The predicted molar refractivity (Wildman–Crippen MR) is 80.0 cm³/mol. The van der Waals surface area contributed by atoms with Crippen molar-refractivity contribution >= 4 is 26.5 Å². The molecule has 1 heterocycles. The minimum absolute atomic E-state index is 0.0870. The summed E-state index contributed by atoms with van der Waals surface area (Å²) < 4.78 is 22.4. The van der Waals surface area contributed by atoms with E-state index in [0.717, 1.165) is 22.2 Å². The van der Waals surface area contributed by atoms with Crippen molar-refractivity contribution in [3.05, 3.63) is 24.3 Å². The molecule has 2 aromatic rings. The summed E-state index contributed by atoms with van der Waals surface area (Å²) in [6.45, 7) is 5.06. The SMILES string of the molecule is CC(C)CNc1nnc(-c2ccc(S(N)(=O)=O)cc2)s1. The van der Waals surface area contributed by atoms with Gasteiger partial charge < -0.3 is 5.32 Å². The first-order valence-electron chi connectivity index (χ1n) is 6.07. The number of nitrogens with one attached hydrogen (secondary N) is 1. The van der Waals surface area contributed by atoms with Crippen molar-refractivity contribution in [1.29, 1.82) is 0 Å². The molecule has 8 heteroatoms. The first-order chi connectivity index (χ1) is 9.36. The molecule has 0 aliphatic heterocycles. The highest BCUT2D eigenvalue weighted by atomic mass is 32.2. The summed E-state index contributed by atoms with van der Waals surface area (Å²) in [5.74, 6) is 0.524. The first-order valence-corrected chi connectivity index (χ1v) is 8.43. The van der Waals surface area contributed by atoms with Crippen LogP contribution in [0.4, 0.5) is 5.13 Å². The molecule has 0 atom stereocenters. The number of anilines is 1. The molecule has 0 aliphatic carbocycles. The first kappa shape index (κ1) is 14.9. The van der Waals surface area contributed by atoms with Crippen molar-refractivity contribution in [3.63, 3.8) is 0 Å². The average molecular weight is 312 g/mol. The van der Waals surface area contributed by atoms with Crippen LogP contribution in [-0.4, -0.2) is 25.2 Å². The summed E-state index contributed by atoms with van der Waals surface area (Å²) in [6.07, 6.45) is 0. The topological polar surface area (TPSA) is 98.0 Å². The van der Waals surface area contributed by atoms with Crippen LogP contribution >= 0.6 is 11.3 Å². The molecule has 0 saturated carbocycles. The average Bonchev–Trinajstić information content (AvgIpc) is 2.84. The fourth-order valence-electron chi connectivity index (χ4n) is 1.49. The van der Waals surface area contributed by atoms with Crippen molar-refractivity contribution in [2.75, 3.05) is 11.9 Å². The van der Waals surface area contributed by atoms with Gasteiger partial charge in [0.2, 0.25) is 15.2 Å². The van der Waals surface area contributed by atoms with Gasteiger partial charge in [0.05, 0.1) is 4.90 Å². The standard InChI is InChI=1S/C12H16N4O2S2/c1-8(2)7-14-12-16-15-11(19-12)9-3-5-10(6-4-9)20(13,17)18/h3-6,8H,7H2,1-2H3,(H,14,16)(H2,13,17,18). The van der Waals surface area contributed by atoms with E-state index in [0.29, 0.717) is 5.92 Å². The van der Waals surface area contributed by atoms with Crippen LogP contribution in [0.25, 0.3) is 10.6 Å². The van der Waals surface area contributed by atoms with E-state index in [1.807, 2.05) is 0 Å². The van der Waals surface area contributed by atoms with Crippen LogP contribution in [0.5, 0.6) is 0 Å². The number of benzene rings is 1. The van der Waals surface area contributed by atoms with E-state index in [4.69, 9.17) is 5.14 Å². The van der Waals surface area contributed by atoms with Crippen LogP contribution in [0.1, 0.15) is 13.8 Å². The molecular formula is C12H16N4O2S2. The van der Waals surface area contributed by atoms with Crippen molar-refractivity contribution < 1.29 is 8.42 Å². The number of rotatable bonds is 5. The van der Waals surface area contributed by atoms with Crippen molar-refractivity contribution in [3.8, 4) is 10.6 Å². The highest BCUT2D eigenvalue weighted by molar-refractivity contribution is 7.89. The van der Waals surface area contributed by atoms with E-state index in [-0.39, 0.29) is 4.90 Å². The molecule has 6 nitrogen and oxygen atoms in total. The Bertz CT molecular complexity index is 678. The smallest absolute Gasteiger partial charge is 0.238 e. The molecule has 0 bridgehead atoms. The number of hydrogen-bond acceptors (Lipinski definition) is 6. The van der Waals surface area contributed by atoms with Crippen LogP contribution in [0, 0.1) is 5.92 Å². The Kier molecular flexibility index (Phi) is 4.36. The van der Waals surface area contributed by atoms with Gasteiger partial charge in [-0.05, 0) is 18.1 Å². The maximum atomic E-state index is 11.2. The van der Waals surface area contributed by atoms with E-state index in [9.17, 15) is 8.42 Å². The van der Waals surface area contributed by atoms with Crippen LogP contribution in [0.15, 0.2) is 29.2 Å². The van der Waals surface area contributed by atoms with E-state index in [1.165, 1.54) is 23.5 Å². The van der Waals surface area contributed by atoms with Crippen LogP contribution in [0.3, 0.4) is 0 Å². The van der Waals surface area contributed by atoms with Crippen LogP contribution < -0.4 is 10.5 Å². The summed E-state index contributed by atoms with van der Waals surface area (Å²) in [5.41, 5.74) is 0.812. The van der Waals surface area contributed by atoms with Crippen LogP contribution in [0.2, 0.25) is 0 Å². The van der Waals surface area contributed by atoms with E-state index < -0.39 is 10.0 Å². The molecule has 0 saturated heterocycles. The fraction of sp³-hybridized carbons (Fsp3) is 0.333. The molecule has 108 valence electrons. The molecule has 20 heavy (non-hydrogen) atoms. The second kappa shape index (κ2) is 5.86. The summed E-state index contributed by atoms with van der Waals surface area (Å²) in [4.78, 5) is 0.0870. The monoisotopic (exact) mass is 312 g/mol. The number of aromatic nitrogens is 2. The second-order valence-electron chi connectivity index (χ2n) is 4.76. The van der Waals surface area contributed by atoms with Gasteiger partial charge in [-0.3, -0.25) is 0 Å². The van der Waals surface area contributed by atoms with Gasteiger partial charge in [0.25, 0.3) is 0 Å². The van der Waals surface area contributed by atoms with E-state index >= 15 is 0 Å². The Labute approximate surface area is 122 Å². The zero-order valence-corrected chi connectivity index (χ0v) is 12.8. The molecule has 3 N–H and O–H groups in total. The quantitative estimate of drug-likeness (QED) is 0.879. The molecule has 1 aromatic heterocycles. The molecule has 0 amide bonds. The Hall–Kier alpha value is -1.51. The third kappa shape index (κ3) is 3.75. The van der Waals surface area contributed by atoms with Gasteiger partial charge in [-0.15, -0.1) is 10.2 Å². The summed E-state index contributed by atoms with van der Waals surface area (Å²) in [7, 11) is -3.66.